The summed E-state index contributed by atoms with van der Waals surface area (Å²) < 4.78 is 0. The van der Waals surface area contributed by atoms with Crippen LogP contribution in [0.15, 0.2) is 36.4 Å². The Hall–Kier alpha value is -2.43. The molecule has 3 heterocycles. The third-order valence-corrected chi connectivity index (χ3v) is 6.24. The molecule has 2 saturated heterocycles. The van der Waals surface area contributed by atoms with Gasteiger partial charge in [0.1, 0.15) is 17.3 Å². The van der Waals surface area contributed by atoms with Crippen LogP contribution in [0.3, 0.4) is 0 Å². The molecule has 0 N–H and O–H groups in total. The molecule has 1 aromatic carbocycles. The molecule has 0 spiro atoms. The fourth-order valence-corrected chi connectivity index (χ4v) is 4.57. The number of hydrogen-bond donors (Lipinski definition) is 0. The Morgan fingerprint density at radius 2 is 1.66 bits per heavy atom. The van der Waals surface area contributed by atoms with Crippen LogP contribution in [-0.2, 0) is 6.42 Å². The summed E-state index contributed by atoms with van der Waals surface area (Å²) in [6, 6.07) is 12.7. The first-order valence-corrected chi connectivity index (χ1v) is 11.1. The SMILES string of the molecule is Cc1nc(C(=O)N2CCCCCC2)cc(N2CCC(Cc3ccccc3)CC2)n1. The molecule has 5 heteroatoms. The summed E-state index contributed by atoms with van der Waals surface area (Å²) in [7, 11) is 0. The molecule has 1 aromatic heterocycles. The lowest BCUT2D eigenvalue weighted by atomic mass is 9.90. The summed E-state index contributed by atoms with van der Waals surface area (Å²) in [6.07, 6.45) is 8.09. The highest BCUT2D eigenvalue weighted by atomic mass is 16.2. The van der Waals surface area contributed by atoms with Crippen molar-refractivity contribution in [3.63, 3.8) is 0 Å². The molecule has 2 aliphatic heterocycles. The van der Waals surface area contributed by atoms with Crippen LogP contribution in [0.2, 0.25) is 0 Å². The molecule has 0 bridgehead atoms. The quantitative estimate of drug-likeness (QED) is 0.780. The van der Waals surface area contributed by atoms with Crippen LogP contribution in [0, 0.1) is 12.8 Å². The topological polar surface area (TPSA) is 49.3 Å². The number of anilines is 1. The second-order valence-corrected chi connectivity index (χ2v) is 8.49. The van der Waals surface area contributed by atoms with E-state index in [1.807, 2.05) is 17.9 Å². The first-order chi connectivity index (χ1) is 14.2. The Kier molecular flexibility index (Phi) is 6.43. The van der Waals surface area contributed by atoms with Crippen molar-refractivity contribution >= 4 is 11.7 Å². The van der Waals surface area contributed by atoms with Crippen LogP contribution in [-0.4, -0.2) is 47.0 Å². The van der Waals surface area contributed by atoms with E-state index in [2.05, 4.69) is 45.2 Å². The number of aryl methyl sites for hydroxylation is 1. The minimum Gasteiger partial charge on any atom is -0.356 e. The largest absolute Gasteiger partial charge is 0.356 e. The third kappa shape index (κ3) is 5.14. The van der Waals surface area contributed by atoms with Crippen molar-refractivity contribution in [2.24, 2.45) is 5.92 Å². The molecule has 2 fully saturated rings. The Morgan fingerprint density at radius 1 is 0.966 bits per heavy atom. The van der Waals surface area contributed by atoms with Gasteiger partial charge in [-0.1, -0.05) is 43.2 Å². The molecule has 5 nitrogen and oxygen atoms in total. The number of amides is 1. The van der Waals surface area contributed by atoms with E-state index < -0.39 is 0 Å². The van der Waals surface area contributed by atoms with E-state index in [1.165, 1.54) is 18.4 Å². The van der Waals surface area contributed by atoms with E-state index in [0.717, 1.165) is 70.0 Å². The van der Waals surface area contributed by atoms with Gasteiger partial charge in [0, 0.05) is 32.2 Å². The molecule has 0 atom stereocenters. The van der Waals surface area contributed by atoms with E-state index in [1.54, 1.807) is 0 Å². The van der Waals surface area contributed by atoms with Crippen molar-refractivity contribution in [1.29, 1.82) is 0 Å². The van der Waals surface area contributed by atoms with Gasteiger partial charge in [-0.2, -0.15) is 0 Å². The van der Waals surface area contributed by atoms with Crippen LogP contribution in [0.1, 0.15) is 60.4 Å². The smallest absolute Gasteiger partial charge is 0.272 e. The molecule has 29 heavy (non-hydrogen) atoms. The highest BCUT2D eigenvalue weighted by Gasteiger charge is 2.24. The Bertz CT molecular complexity index is 807. The second kappa shape index (κ2) is 9.38. The van der Waals surface area contributed by atoms with Gasteiger partial charge in [-0.25, -0.2) is 9.97 Å². The monoisotopic (exact) mass is 392 g/mol. The van der Waals surface area contributed by atoms with Gasteiger partial charge < -0.3 is 9.80 Å². The Balaban J connectivity index is 1.41. The summed E-state index contributed by atoms with van der Waals surface area (Å²) >= 11 is 0. The number of nitrogens with zero attached hydrogens (tertiary/aromatic N) is 4. The van der Waals surface area contributed by atoms with E-state index in [9.17, 15) is 4.79 Å². The van der Waals surface area contributed by atoms with Crippen LogP contribution in [0.5, 0.6) is 0 Å². The van der Waals surface area contributed by atoms with E-state index >= 15 is 0 Å². The summed E-state index contributed by atoms with van der Waals surface area (Å²) in [5.41, 5.74) is 1.98. The molecule has 154 valence electrons. The molecule has 0 saturated carbocycles. The number of carbonyl (C=O) groups excluding carboxylic acids is 1. The summed E-state index contributed by atoms with van der Waals surface area (Å²) in [5, 5.41) is 0. The lowest BCUT2D eigenvalue weighted by Gasteiger charge is -2.33. The van der Waals surface area contributed by atoms with Gasteiger partial charge in [0.25, 0.3) is 5.91 Å². The van der Waals surface area contributed by atoms with Crippen LogP contribution in [0.4, 0.5) is 5.82 Å². The van der Waals surface area contributed by atoms with Gasteiger partial charge in [-0.15, -0.1) is 0 Å². The number of piperidine rings is 1. The Morgan fingerprint density at radius 3 is 2.34 bits per heavy atom. The number of carbonyl (C=O) groups is 1. The minimum atomic E-state index is 0.0672. The summed E-state index contributed by atoms with van der Waals surface area (Å²) in [4.78, 5) is 26.5. The van der Waals surface area contributed by atoms with Crippen molar-refractivity contribution in [2.75, 3.05) is 31.1 Å². The van der Waals surface area contributed by atoms with Crippen LogP contribution in [0.25, 0.3) is 0 Å². The molecule has 4 rings (SSSR count). The molecule has 1 amide bonds. The van der Waals surface area contributed by atoms with E-state index in [-0.39, 0.29) is 5.91 Å². The van der Waals surface area contributed by atoms with Gasteiger partial charge in [0.15, 0.2) is 0 Å². The zero-order valence-electron chi connectivity index (χ0n) is 17.5. The lowest BCUT2D eigenvalue weighted by molar-refractivity contribution is 0.0755. The minimum absolute atomic E-state index is 0.0672. The van der Waals surface area contributed by atoms with Crippen molar-refractivity contribution in [3.05, 3.63) is 53.5 Å². The zero-order valence-corrected chi connectivity index (χ0v) is 17.5. The number of aromatic nitrogens is 2. The fraction of sp³-hybridized carbons (Fsp3) is 0.542. The lowest BCUT2D eigenvalue weighted by Crippen LogP contribution is -2.36. The maximum atomic E-state index is 13.0. The Labute approximate surface area is 174 Å². The number of hydrogen-bond acceptors (Lipinski definition) is 4. The van der Waals surface area contributed by atoms with Crippen molar-refractivity contribution < 1.29 is 4.79 Å². The van der Waals surface area contributed by atoms with Gasteiger partial charge in [0.05, 0.1) is 0 Å². The normalized spacial score (nSPS) is 18.5. The maximum absolute atomic E-state index is 13.0. The number of rotatable bonds is 4. The average Bonchev–Trinajstić information content (AvgIpc) is 3.04. The predicted molar refractivity (Wildman–Crippen MR) is 116 cm³/mol. The van der Waals surface area contributed by atoms with Crippen LogP contribution < -0.4 is 4.90 Å². The first kappa shape index (κ1) is 19.9. The molecular weight excluding hydrogens is 360 g/mol. The third-order valence-electron chi connectivity index (χ3n) is 6.24. The molecule has 2 aromatic rings. The maximum Gasteiger partial charge on any atom is 0.272 e. The average molecular weight is 393 g/mol. The molecule has 0 radical (unpaired) electrons. The summed E-state index contributed by atoms with van der Waals surface area (Å²) in [6.45, 7) is 5.58. The highest BCUT2D eigenvalue weighted by Crippen LogP contribution is 2.25. The van der Waals surface area contributed by atoms with Gasteiger partial charge in [0.2, 0.25) is 0 Å². The molecular formula is C24H32N4O. The van der Waals surface area contributed by atoms with Gasteiger partial charge >= 0.3 is 0 Å². The number of likely N-dealkylation sites (tertiary alicyclic amines) is 1. The van der Waals surface area contributed by atoms with E-state index in [0.29, 0.717) is 11.5 Å². The summed E-state index contributed by atoms with van der Waals surface area (Å²) in [5.74, 6) is 2.38. The van der Waals surface area contributed by atoms with Gasteiger partial charge in [-0.3, -0.25) is 4.79 Å². The number of benzene rings is 1. The van der Waals surface area contributed by atoms with Crippen molar-refractivity contribution in [2.45, 2.75) is 51.9 Å². The standard InChI is InChI=1S/C24H32N4O/c1-19-25-22(24(29)28-13-7-2-3-8-14-28)18-23(26-19)27-15-11-21(12-16-27)17-20-9-5-4-6-10-20/h4-6,9-10,18,21H,2-3,7-8,11-17H2,1H3. The molecule has 0 aliphatic carbocycles. The van der Waals surface area contributed by atoms with E-state index in [4.69, 9.17) is 0 Å². The predicted octanol–water partition coefficient (Wildman–Crippen LogP) is 4.26. The highest BCUT2D eigenvalue weighted by molar-refractivity contribution is 5.93. The van der Waals surface area contributed by atoms with Gasteiger partial charge in [-0.05, 0) is 50.5 Å². The fourth-order valence-electron chi connectivity index (χ4n) is 4.57. The second-order valence-electron chi connectivity index (χ2n) is 8.49. The molecule has 2 aliphatic rings. The van der Waals surface area contributed by atoms with Crippen molar-refractivity contribution in [1.82, 2.24) is 14.9 Å². The first-order valence-electron chi connectivity index (χ1n) is 11.1. The van der Waals surface area contributed by atoms with Crippen LogP contribution >= 0.6 is 0 Å². The van der Waals surface area contributed by atoms with Crippen molar-refractivity contribution in [3.8, 4) is 0 Å². The zero-order chi connectivity index (χ0) is 20.1. The molecule has 0 unspecified atom stereocenters.